The summed E-state index contributed by atoms with van der Waals surface area (Å²) in [4.78, 5) is 4.93. The van der Waals surface area contributed by atoms with Crippen LogP contribution in [-0.4, -0.2) is 56.2 Å². The molecule has 0 atom stereocenters. The summed E-state index contributed by atoms with van der Waals surface area (Å²) >= 11 is 0. The van der Waals surface area contributed by atoms with Crippen molar-refractivity contribution in [2.45, 2.75) is 20.3 Å². The number of benzene rings is 1. The van der Waals surface area contributed by atoms with Crippen LogP contribution >= 0.6 is 0 Å². The molecule has 0 spiro atoms. The molecular weight excluding hydrogens is 236 g/mol. The van der Waals surface area contributed by atoms with Crippen LogP contribution in [0.4, 0.5) is 0 Å². The standard InChI is InChI=1S/C16H26N2O/c1-14-5-6-15(2)16(13-14)19-12-4-7-18-10-8-17(3)9-11-18/h5-6,13H,4,7-12H2,1-3H3. The van der Waals surface area contributed by atoms with Crippen molar-refractivity contribution >= 4 is 0 Å². The fourth-order valence-electron chi connectivity index (χ4n) is 2.40. The summed E-state index contributed by atoms with van der Waals surface area (Å²) in [6.07, 6.45) is 1.11. The number of hydrogen-bond acceptors (Lipinski definition) is 3. The number of nitrogens with zero attached hydrogens (tertiary/aromatic N) is 2. The highest BCUT2D eigenvalue weighted by atomic mass is 16.5. The van der Waals surface area contributed by atoms with Crippen LogP contribution in [0, 0.1) is 13.8 Å². The molecule has 0 N–H and O–H groups in total. The van der Waals surface area contributed by atoms with Gasteiger partial charge in [-0.1, -0.05) is 12.1 Å². The Labute approximate surface area is 117 Å². The second-order valence-corrected chi connectivity index (χ2v) is 5.62. The Morgan fingerprint density at radius 2 is 1.84 bits per heavy atom. The Hall–Kier alpha value is -1.06. The molecule has 106 valence electrons. The van der Waals surface area contributed by atoms with Crippen molar-refractivity contribution in [2.24, 2.45) is 0 Å². The molecule has 2 rings (SSSR count). The first-order valence-corrected chi connectivity index (χ1v) is 7.26. The van der Waals surface area contributed by atoms with E-state index in [-0.39, 0.29) is 0 Å². The van der Waals surface area contributed by atoms with Crippen LogP contribution in [0.15, 0.2) is 18.2 Å². The maximum Gasteiger partial charge on any atom is 0.122 e. The zero-order chi connectivity index (χ0) is 13.7. The number of aryl methyl sites for hydroxylation is 2. The molecule has 0 amide bonds. The van der Waals surface area contributed by atoms with Gasteiger partial charge in [-0.15, -0.1) is 0 Å². The summed E-state index contributed by atoms with van der Waals surface area (Å²) in [7, 11) is 2.20. The minimum absolute atomic E-state index is 0.816. The summed E-state index contributed by atoms with van der Waals surface area (Å²) in [5.41, 5.74) is 2.49. The van der Waals surface area contributed by atoms with Gasteiger partial charge in [0.2, 0.25) is 0 Å². The maximum absolute atomic E-state index is 5.89. The van der Waals surface area contributed by atoms with E-state index in [1.54, 1.807) is 0 Å². The number of hydrogen-bond donors (Lipinski definition) is 0. The van der Waals surface area contributed by atoms with E-state index in [1.807, 2.05) is 0 Å². The molecule has 19 heavy (non-hydrogen) atoms. The van der Waals surface area contributed by atoms with Crippen molar-refractivity contribution in [3.63, 3.8) is 0 Å². The third kappa shape index (κ3) is 4.51. The lowest BCUT2D eigenvalue weighted by Gasteiger charge is -2.32. The monoisotopic (exact) mass is 262 g/mol. The van der Waals surface area contributed by atoms with Crippen molar-refractivity contribution in [3.05, 3.63) is 29.3 Å². The lowest BCUT2D eigenvalue weighted by Crippen LogP contribution is -2.44. The van der Waals surface area contributed by atoms with Gasteiger partial charge < -0.3 is 14.5 Å². The zero-order valence-electron chi connectivity index (χ0n) is 12.5. The molecule has 1 saturated heterocycles. The Balaban J connectivity index is 1.68. The first-order valence-electron chi connectivity index (χ1n) is 7.26. The van der Waals surface area contributed by atoms with Gasteiger partial charge >= 0.3 is 0 Å². The van der Waals surface area contributed by atoms with Crippen LogP contribution in [0.25, 0.3) is 0 Å². The molecule has 1 heterocycles. The van der Waals surface area contributed by atoms with Gasteiger partial charge in [0.25, 0.3) is 0 Å². The fraction of sp³-hybridized carbons (Fsp3) is 0.625. The van der Waals surface area contributed by atoms with E-state index in [4.69, 9.17) is 4.74 Å². The third-order valence-corrected chi connectivity index (χ3v) is 3.82. The summed E-state index contributed by atoms with van der Waals surface area (Å²) in [5, 5.41) is 0. The molecule has 0 aromatic heterocycles. The molecule has 3 nitrogen and oxygen atoms in total. The smallest absolute Gasteiger partial charge is 0.122 e. The molecule has 1 fully saturated rings. The largest absolute Gasteiger partial charge is 0.493 e. The Kier molecular flexibility index (Phi) is 5.23. The second kappa shape index (κ2) is 6.92. The molecular formula is C16H26N2O. The van der Waals surface area contributed by atoms with E-state index in [1.165, 1.54) is 37.3 Å². The quantitative estimate of drug-likeness (QED) is 0.757. The Bertz CT molecular complexity index is 398. The lowest BCUT2D eigenvalue weighted by atomic mass is 10.1. The van der Waals surface area contributed by atoms with Gasteiger partial charge in [0.1, 0.15) is 5.75 Å². The van der Waals surface area contributed by atoms with Crippen LogP contribution in [0.1, 0.15) is 17.5 Å². The van der Waals surface area contributed by atoms with Gasteiger partial charge in [0.05, 0.1) is 6.61 Å². The Morgan fingerprint density at radius 1 is 1.11 bits per heavy atom. The van der Waals surface area contributed by atoms with E-state index in [0.29, 0.717) is 0 Å². The van der Waals surface area contributed by atoms with Crippen LogP contribution in [0.3, 0.4) is 0 Å². The van der Waals surface area contributed by atoms with Gasteiger partial charge in [0.15, 0.2) is 0 Å². The highest BCUT2D eigenvalue weighted by Crippen LogP contribution is 2.19. The number of likely N-dealkylation sites (N-methyl/N-ethyl adjacent to an activating group) is 1. The second-order valence-electron chi connectivity index (χ2n) is 5.62. The van der Waals surface area contributed by atoms with Gasteiger partial charge in [-0.25, -0.2) is 0 Å². The average molecular weight is 262 g/mol. The summed E-state index contributed by atoms with van der Waals surface area (Å²) < 4.78 is 5.89. The van der Waals surface area contributed by atoms with Crippen molar-refractivity contribution in [3.8, 4) is 5.75 Å². The van der Waals surface area contributed by atoms with E-state index in [2.05, 4.69) is 48.9 Å². The first kappa shape index (κ1) is 14.4. The molecule has 1 aromatic carbocycles. The van der Waals surface area contributed by atoms with Gasteiger partial charge in [0, 0.05) is 32.7 Å². The van der Waals surface area contributed by atoms with Crippen LogP contribution in [0.5, 0.6) is 5.75 Å². The van der Waals surface area contributed by atoms with E-state index >= 15 is 0 Å². The number of rotatable bonds is 5. The summed E-state index contributed by atoms with van der Waals surface area (Å²) in [6.45, 7) is 11.0. The van der Waals surface area contributed by atoms with Crippen LogP contribution in [-0.2, 0) is 0 Å². The van der Waals surface area contributed by atoms with E-state index in [9.17, 15) is 0 Å². The van der Waals surface area contributed by atoms with E-state index < -0.39 is 0 Å². The van der Waals surface area contributed by atoms with E-state index in [0.717, 1.165) is 25.3 Å². The topological polar surface area (TPSA) is 15.7 Å². The van der Waals surface area contributed by atoms with Crippen molar-refractivity contribution < 1.29 is 4.74 Å². The average Bonchev–Trinajstić information content (AvgIpc) is 2.40. The molecule has 1 aliphatic heterocycles. The SMILES string of the molecule is Cc1ccc(C)c(OCCCN2CCN(C)CC2)c1. The van der Waals surface area contributed by atoms with Gasteiger partial charge in [-0.2, -0.15) is 0 Å². The molecule has 0 radical (unpaired) electrons. The highest BCUT2D eigenvalue weighted by Gasteiger charge is 2.12. The van der Waals surface area contributed by atoms with Gasteiger partial charge in [-0.05, 0) is 44.5 Å². The van der Waals surface area contributed by atoms with Gasteiger partial charge in [-0.3, -0.25) is 0 Å². The van der Waals surface area contributed by atoms with Crippen LogP contribution < -0.4 is 4.74 Å². The molecule has 0 bridgehead atoms. The predicted molar refractivity (Wildman–Crippen MR) is 80.0 cm³/mol. The lowest BCUT2D eigenvalue weighted by molar-refractivity contribution is 0.145. The molecule has 1 aromatic rings. The van der Waals surface area contributed by atoms with Crippen molar-refractivity contribution in [2.75, 3.05) is 46.4 Å². The number of ether oxygens (including phenoxy) is 1. The number of piperazine rings is 1. The molecule has 0 saturated carbocycles. The molecule has 1 aliphatic rings. The summed E-state index contributed by atoms with van der Waals surface area (Å²) in [5.74, 6) is 1.04. The van der Waals surface area contributed by atoms with Crippen molar-refractivity contribution in [1.29, 1.82) is 0 Å². The zero-order valence-corrected chi connectivity index (χ0v) is 12.5. The normalized spacial score (nSPS) is 17.6. The minimum Gasteiger partial charge on any atom is -0.493 e. The first-order chi connectivity index (χ1) is 9.15. The van der Waals surface area contributed by atoms with Crippen molar-refractivity contribution in [1.82, 2.24) is 9.80 Å². The minimum atomic E-state index is 0.816. The predicted octanol–water partition coefficient (Wildman–Crippen LogP) is 2.32. The third-order valence-electron chi connectivity index (χ3n) is 3.82. The fourth-order valence-corrected chi connectivity index (χ4v) is 2.40. The highest BCUT2D eigenvalue weighted by molar-refractivity contribution is 5.35. The summed E-state index contributed by atoms with van der Waals surface area (Å²) in [6, 6.07) is 6.39. The molecule has 0 aliphatic carbocycles. The molecule has 3 heteroatoms. The Morgan fingerprint density at radius 3 is 2.58 bits per heavy atom. The molecule has 0 unspecified atom stereocenters. The van der Waals surface area contributed by atoms with Crippen LogP contribution in [0.2, 0.25) is 0 Å². The maximum atomic E-state index is 5.89.